The smallest absolute Gasteiger partial charge is 0.416 e. The average Bonchev–Trinajstić information content (AvgIpc) is 3.28. The monoisotopic (exact) mass is 536 g/mol. The predicted octanol–water partition coefficient (Wildman–Crippen LogP) is 5.28. The zero-order valence-electron chi connectivity index (χ0n) is 16.5. The van der Waals surface area contributed by atoms with Crippen molar-refractivity contribution in [1.29, 1.82) is 0 Å². The molecule has 0 unspecified atom stereocenters. The van der Waals surface area contributed by atoms with Gasteiger partial charge in [-0.3, -0.25) is 0 Å². The lowest BCUT2D eigenvalue weighted by Gasteiger charge is -2.16. The van der Waals surface area contributed by atoms with Crippen LogP contribution in [-0.4, -0.2) is 14.5 Å². The van der Waals surface area contributed by atoms with Gasteiger partial charge >= 0.3 is 12.4 Å². The van der Waals surface area contributed by atoms with Crippen LogP contribution in [0.4, 0.5) is 32.0 Å². The minimum Gasteiger partial charge on any atom is -0.839 e. The van der Waals surface area contributed by atoms with Crippen molar-refractivity contribution < 1.29 is 35.8 Å². The van der Waals surface area contributed by atoms with Crippen molar-refractivity contribution in [3.8, 4) is 5.88 Å². The van der Waals surface area contributed by atoms with Crippen LogP contribution in [0.5, 0.6) is 5.88 Å². The van der Waals surface area contributed by atoms with Gasteiger partial charge in [0, 0.05) is 18.0 Å². The quantitative estimate of drug-likeness (QED) is 0.219. The van der Waals surface area contributed by atoms with Gasteiger partial charge in [0.25, 0.3) is 5.65 Å². The largest absolute Gasteiger partial charge is 0.839 e. The first-order valence-corrected chi connectivity index (χ1v) is 10.9. The van der Waals surface area contributed by atoms with Crippen molar-refractivity contribution in [2.24, 2.45) is 0 Å². The molecule has 0 amide bonds. The molecule has 0 aliphatic rings. The van der Waals surface area contributed by atoms with Gasteiger partial charge in [-0.25, -0.2) is 14.0 Å². The van der Waals surface area contributed by atoms with Crippen molar-refractivity contribution in [1.82, 2.24) is 9.55 Å². The minimum absolute atomic E-state index is 0.00757. The molecule has 0 spiro atoms. The Morgan fingerprint density at radius 2 is 1.76 bits per heavy atom. The Hall–Kier alpha value is -2.90. The number of benzene rings is 1. The molecule has 5 nitrogen and oxygen atoms in total. The van der Waals surface area contributed by atoms with E-state index in [2.05, 4.69) is 10.3 Å². The number of thiazole rings is 1. The van der Waals surface area contributed by atoms with E-state index in [9.17, 15) is 31.4 Å². The number of aromatic nitrogens is 3. The molecule has 4 aromatic rings. The normalized spacial score (nSPS) is 12.3. The van der Waals surface area contributed by atoms with Gasteiger partial charge in [0.1, 0.15) is 12.4 Å². The maximum absolute atomic E-state index is 13.2. The van der Waals surface area contributed by atoms with E-state index in [4.69, 9.17) is 23.8 Å². The van der Waals surface area contributed by atoms with Crippen LogP contribution < -0.4 is 14.8 Å². The summed E-state index contributed by atoms with van der Waals surface area (Å²) < 4.78 is 82.3. The van der Waals surface area contributed by atoms with Crippen molar-refractivity contribution in [2.75, 3.05) is 5.32 Å². The van der Waals surface area contributed by atoms with Gasteiger partial charge in [-0.05, 0) is 24.3 Å². The Kier molecular flexibility index (Phi) is 6.21. The van der Waals surface area contributed by atoms with Crippen LogP contribution in [0.2, 0.25) is 4.47 Å². The second-order valence-electron chi connectivity index (χ2n) is 7.00. The molecule has 178 valence electrons. The molecule has 0 radical (unpaired) electrons. The second kappa shape index (κ2) is 8.71. The van der Waals surface area contributed by atoms with Crippen LogP contribution in [0.25, 0.3) is 5.65 Å². The van der Waals surface area contributed by atoms with E-state index >= 15 is 0 Å². The third-order valence-corrected chi connectivity index (χ3v) is 6.10. The summed E-state index contributed by atoms with van der Waals surface area (Å²) in [5.74, 6) is -0.605. The fourth-order valence-electron chi connectivity index (χ4n) is 3.28. The molecule has 1 aromatic carbocycles. The van der Waals surface area contributed by atoms with Gasteiger partial charge in [0.05, 0.1) is 22.2 Å². The predicted molar refractivity (Wildman–Crippen MR) is 115 cm³/mol. The number of imidazole rings is 1. The first-order valence-electron chi connectivity index (χ1n) is 9.25. The maximum atomic E-state index is 13.2. The van der Waals surface area contributed by atoms with Crippen molar-refractivity contribution in [3.63, 3.8) is 0 Å². The van der Waals surface area contributed by atoms with Gasteiger partial charge < -0.3 is 10.4 Å². The summed E-state index contributed by atoms with van der Waals surface area (Å²) in [6.45, 7) is 0.0910. The Balaban J connectivity index is 1.80. The molecule has 0 saturated carbocycles. The van der Waals surface area contributed by atoms with E-state index in [0.717, 1.165) is 11.3 Å². The van der Waals surface area contributed by atoms with Crippen molar-refractivity contribution >= 4 is 51.5 Å². The van der Waals surface area contributed by atoms with Gasteiger partial charge in [-0.2, -0.15) is 26.3 Å². The van der Waals surface area contributed by atoms with Crippen molar-refractivity contribution in [2.45, 2.75) is 18.9 Å². The van der Waals surface area contributed by atoms with Crippen LogP contribution in [0.15, 0.2) is 48.8 Å². The number of halogens is 7. The van der Waals surface area contributed by atoms with Crippen molar-refractivity contribution in [3.05, 3.63) is 75.0 Å². The van der Waals surface area contributed by atoms with Gasteiger partial charge in [0.2, 0.25) is 0 Å². The summed E-state index contributed by atoms with van der Waals surface area (Å²) in [4.78, 5) is 4.23. The molecule has 3 aromatic heterocycles. The Bertz CT molecular complexity index is 1360. The minimum atomic E-state index is -5.03. The first-order chi connectivity index (χ1) is 15.8. The van der Waals surface area contributed by atoms with Crippen LogP contribution in [0, 0.1) is 0 Å². The van der Waals surface area contributed by atoms with E-state index in [1.807, 2.05) is 0 Å². The number of pyridine rings is 1. The number of hydrogen-bond acceptors (Lipinski definition) is 4. The lowest BCUT2D eigenvalue weighted by atomic mass is 10.1. The number of nitrogens with one attached hydrogen (secondary N) is 1. The maximum Gasteiger partial charge on any atom is 0.416 e. The fourth-order valence-corrected chi connectivity index (χ4v) is 4.56. The third kappa shape index (κ3) is 4.81. The number of nitrogens with zero attached hydrogens (tertiary/aromatic N) is 3. The number of fused-ring (bicyclic) bond motifs is 1. The number of hydrogen-bond donors (Lipinski definition) is 1. The molecule has 14 heteroatoms. The summed E-state index contributed by atoms with van der Waals surface area (Å²) in [7, 11) is 0. The molecule has 3 heterocycles. The van der Waals surface area contributed by atoms with E-state index in [1.165, 1.54) is 21.4 Å². The lowest BCUT2D eigenvalue weighted by Crippen LogP contribution is -2.24. The molecule has 0 aliphatic heterocycles. The standard InChI is InChI=1S/C20H11ClF6N4OS2/c21-18-28-8-13(34-18)9-31-14-3-1-2-4-30(14)17(32)15(31)16(33)29-12-6-10(19(22,23)24)5-11(7-12)20(25,26)27/h1-8H,9H2,(H-,29,32,33). The van der Waals surface area contributed by atoms with Crippen LogP contribution in [0.1, 0.15) is 21.7 Å². The summed E-state index contributed by atoms with van der Waals surface area (Å²) >= 11 is 12.3. The molecule has 4 rings (SSSR count). The lowest BCUT2D eigenvalue weighted by molar-refractivity contribution is -0.582. The van der Waals surface area contributed by atoms with Crippen LogP contribution >= 0.6 is 35.2 Å². The zero-order valence-corrected chi connectivity index (χ0v) is 18.9. The van der Waals surface area contributed by atoms with Gasteiger partial charge in [0.15, 0.2) is 15.1 Å². The molecule has 0 aliphatic carbocycles. The zero-order chi connectivity index (χ0) is 24.8. The molecule has 0 saturated heterocycles. The molecular weight excluding hydrogens is 526 g/mol. The SMILES string of the molecule is [O-]c1c(C(=S)Nc2cc(C(F)(F)F)cc(C(F)(F)F)c2)n(Cc2cnc(Cl)s2)c2cccc[n+]12. The molecule has 0 atom stereocenters. The number of thiocarbonyl (C=S) groups is 1. The number of rotatable bonds is 4. The van der Waals surface area contributed by atoms with Crippen LogP contribution in [-0.2, 0) is 18.9 Å². The Labute approximate surface area is 201 Å². The molecule has 34 heavy (non-hydrogen) atoms. The molecule has 0 fully saturated rings. The summed E-state index contributed by atoms with van der Waals surface area (Å²) in [6.07, 6.45) is -7.11. The highest BCUT2D eigenvalue weighted by Gasteiger charge is 2.37. The first kappa shape index (κ1) is 24.2. The highest BCUT2D eigenvalue weighted by Crippen LogP contribution is 2.37. The second-order valence-corrected chi connectivity index (χ2v) is 9.10. The number of alkyl halides is 6. The van der Waals surface area contributed by atoms with Gasteiger partial charge in [-0.1, -0.05) is 29.9 Å². The third-order valence-electron chi connectivity index (χ3n) is 4.71. The highest BCUT2D eigenvalue weighted by molar-refractivity contribution is 7.81. The Morgan fingerprint density at radius 3 is 2.32 bits per heavy atom. The van der Waals surface area contributed by atoms with Crippen LogP contribution in [0.3, 0.4) is 0 Å². The molecular formula is C20H11ClF6N4OS2. The fraction of sp³-hybridized carbons (Fsp3) is 0.150. The highest BCUT2D eigenvalue weighted by atomic mass is 35.5. The van der Waals surface area contributed by atoms with E-state index in [0.29, 0.717) is 22.7 Å². The summed E-state index contributed by atoms with van der Waals surface area (Å²) in [5.41, 5.74) is -3.31. The Morgan fingerprint density at radius 1 is 1.12 bits per heavy atom. The summed E-state index contributed by atoms with van der Waals surface area (Å²) in [5, 5.41) is 15.4. The molecule has 0 bridgehead atoms. The van der Waals surface area contributed by atoms with E-state index < -0.39 is 35.0 Å². The van der Waals surface area contributed by atoms with E-state index in [-0.39, 0.29) is 27.8 Å². The molecule has 1 N–H and O–H groups in total. The average molecular weight is 537 g/mol. The summed E-state index contributed by atoms with van der Waals surface area (Å²) in [6, 6.07) is 5.86. The topological polar surface area (TPSA) is 57.0 Å². The van der Waals surface area contributed by atoms with Gasteiger partial charge in [-0.15, -0.1) is 11.3 Å². The number of anilines is 1. The van der Waals surface area contributed by atoms with E-state index in [1.54, 1.807) is 18.2 Å².